The van der Waals surface area contributed by atoms with E-state index in [0.717, 1.165) is 39.3 Å². The van der Waals surface area contributed by atoms with E-state index in [2.05, 4.69) is 40.8 Å². The molecule has 0 unspecified atom stereocenters. The summed E-state index contributed by atoms with van der Waals surface area (Å²) in [7, 11) is 0. The van der Waals surface area contributed by atoms with Crippen molar-refractivity contribution in [1.29, 1.82) is 0 Å². The highest BCUT2D eigenvalue weighted by Gasteiger charge is 2.30. The first-order valence-corrected chi connectivity index (χ1v) is 12.2. The number of aromatic amines is 1. The molecule has 0 bridgehead atoms. The van der Waals surface area contributed by atoms with Crippen LogP contribution in [0.25, 0.3) is 27.8 Å². The third kappa shape index (κ3) is 3.60. The highest BCUT2D eigenvalue weighted by atomic mass is 35.5. The predicted octanol–water partition coefficient (Wildman–Crippen LogP) is 7.04. The summed E-state index contributed by atoms with van der Waals surface area (Å²) in [5.74, 6) is 0.396. The molecule has 4 heterocycles. The summed E-state index contributed by atoms with van der Waals surface area (Å²) < 4.78 is 17.9. The van der Waals surface area contributed by atoms with E-state index < -0.39 is 0 Å². The van der Waals surface area contributed by atoms with E-state index in [4.69, 9.17) is 28.3 Å². The zero-order chi connectivity index (χ0) is 24.3. The number of H-pyrrole nitrogens is 1. The van der Waals surface area contributed by atoms with Crippen molar-refractivity contribution in [2.75, 3.05) is 11.4 Å². The molecule has 5 aromatic rings. The fraction of sp³-hybridized carbons (Fsp3) is 0.185. The van der Waals surface area contributed by atoms with Crippen molar-refractivity contribution in [3.05, 3.63) is 93.1 Å². The molecular weight excluding hydrogens is 484 g/mol. The van der Waals surface area contributed by atoms with Gasteiger partial charge in [-0.25, -0.2) is 14.1 Å². The Kier molecular flexibility index (Phi) is 5.31. The number of anilines is 1. The van der Waals surface area contributed by atoms with Gasteiger partial charge >= 0.3 is 0 Å². The van der Waals surface area contributed by atoms with Crippen molar-refractivity contribution in [3.8, 4) is 16.9 Å². The quantitative estimate of drug-likeness (QED) is 0.286. The molecule has 3 aromatic heterocycles. The van der Waals surface area contributed by atoms with Crippen LogP contribution in [0, 0.1) is 19.7 Å². The topological polar surface area (TPSA) is 49.7 Å². The zero-order valence-electron chi connectivity index (χ0n) is 19.2. The maximum absolute atomic E-state index is 15.9. The Morgan fingerprint density at radius 1 is 1.06 bits per heavy atom. The lowest BCUT2D eigenvalue weighted by Gasteiger charge is -2.28. The SMILES string of the molecule is Cc1cccc(C)c1-n1nc2c(c1-c1ccc3[nH]ccc3c1F)CN(c1ncc(Cl)cc1Cl)CC2. The molecular formula is C27H22Cl2FN5. The van der Waals surface area contributed by atoms with Gasteiger partial charge in [0.05, 0.1) is 27.1 Å². The van der Waals surface area contributed by atoms with E-state index in [0.29, 0.717) is 46.3 Å². The second-order valence-corrected chi connectivity index (χ2v) is 9.77. The Morgan fingerprint density at radius 3 is 2.63 bits per heavy atom. The maximum atomic E-state index is 15.9. The Labute approximate surface area is 212 Å². The van der Waals surface area contributed by atoms with Crippen molar-refractivity contribution >= 4 is 39.9 Å². The van der Waals surface area contributed by atoms with Crippen LogP contribution in [0.1, 0.15) is 22.4 Å². The van der Waals surface area contributed by atoms with Crippen molar-refractivity contribution in [1.82, 2.24) is 19.7 Å². The summed E-state index contributed by atoms with van der Waals surface area (Å²) >= 11 is 12.6. The number of aromatic nitrogens is 4. The number of halogens is 3. The number of aryl methyl sites for hydroxylation is 2. The van der Waals surface area contributed by atoms with Crippen molar-refractivity contribution in [3.63, 3.8) is 0 Å². The summed E-state index contributed by atoms with van der Waals surface area (Å²) in [6, 6.07) is 13.4. The monoisotopic (exact) mass is 505 g/mol. The minimum absolute atomic E-state index is 0.265. The molecule has 5 nitrogen and oxygen atoms in total. The third-order valence-electron chi connectivity index (χ3n) is 6.70. The van der Waals surface area contributed by atoms with Crippen LogP contribution < -0.4 is 4.90 Å². The number of hydrogen-bond donors (Lipinski definition) is 1. The van der Waals surface area contributed by atoms with Gasteiger partial charge < -0.3 is 9.88 Å². The van der Waals surface area contributed by atoms with Crippen molar-refractivity contribution in [2.45, 2.75) is 26.8 Å². The lowest BCUT2D eigenvalue weighted by atomic mass is 9.98. The van der Waals surface area contributed by atoms with E-state index in [1.807, 2.05) is 22.9 Å². The first-order valence-electron chi connectivity index (χ1n) is 11.4. The van der Waals surface area contributed by atoms with Gasteiger partial charge in [0, 0.05) is 53.9 Å². The molecule has 0 radical (unpaired) electrons. The van der Waals surface area contributed by atoms with E-state index in [9.17, 15) is 0 Å². The summed E-state index contributed by atoms with van der Waals surface area (Å²) in [5, 5.41) is 6.57. The van der Waals surface area contributed by atoms with Crippen LogP contribution >= 0.6 is 23.2 Å². The molecule has 0 amide bonds. The van der Waals surface area contributed by atoms with E-state index in [1.165, 1.54) is 0 Å². The van der Waals surface area contributed by atoms with Crippen molar-refractivity contribution in [2.24, 2.45) is 0 Å². The van der Waals surface area contributed by atoms with Crippen LogP contribution in [0.15, 0.2) is 54.9 Å². The van der Waals surface area contributed by atoms with E-state index in [-0.39, 0.29) is 5.82 Å². The fourth-order valence-electron chi connectivity index (χ4n) is 5.05. The highest BCUT2D eigenvalue weighted by molar-refractivity contribution is 6.36. The molecule has 0 atom stereocenters. The number of pyridine rings is 1. The standard InChI is InChI=1S/C27H22Cl2FN5/c1-15-4-3-5-16(2)25(15)35-26(19-6-7-22-18(24(19)30)8-10-31-22)20-14-34(11-9-23(20)33-35)27-21(29)12-17(28)13-32-27/h3-8,10,12-13,31H,9,11,14H2,1-2H3. The first kappa shape index (κ1) is 22.1. The number of nitrogens with zero attached hydrogens (tertiary/aromatic N) is 4. The van der Waals surface area contributed by atoms with E-state index in [1.54, 1.807) is 24.5 Å². The summed E-state index contributed by atoms with van der Waals surface area (Å²) in [4.78, 5) is 9.68. The molecule has 8 heteroatoms. The first-order chi connectivity index (χ1) is 16.9. The molecule has 0 fully saturated rings. The van der Waals surface area contributed by atoms with Crippen LogP contribution in [0.5, 0.6) is 0 Å². The van der Waals surface area contributed by atoms with Gasteiger partial charge in [0.2, 0.25) is 0 Å². The number of hydrogen-bond acceptors (Lipinski definition) is 3. The molecule has 1 N–H and O–H groups in total. The van der Waals surface area contributed by atoms with Gasteiger partial charge in [-0.1, -0.05) is 41.4 Å². The second-order valence-electron chi connectivity index (χ2n) is 8.92. The molecule has 6 rings (SSSR count). The smallest absolute Gasteiger partial charge is 0.147 e. The van der Waals surface area contributed by atoms with Gasteiger partial charge in [0.25, 0.3) is 0 Å². The average molecular weight is 506 g/mol. The number of nitrogens with one attached hydrogen (secondary N) is 1. The number of para-hydroxylation sites is 1. The minimum Gasteiger partial charge on any atom is -0.361 e. The van der Waals surface area contributed by atoms with Crippen LogP contribution in [0.3, 0.4) is 0 Å². The van der Waals surface area contributed by atoms with Gasteiger partial charge in [0.1, 0.15) is 11.6 Å². The Hall–Kier alpha value is -3.35. The predicted molar refractivity (Wildman–Crippen MR) is 139 cm³/mol. The number of fused-ring (bicyclic) bond motifs is 2. The lowest BCUT2D eigenvalue weighted by Crippen LogP contribution is -2.31. The lowest BCUT2D eigenvalue weighted by molar-refractivity contribution is 0.641. The third-order valence-corrected chi connectivity index (χ3v) is 7.18. The molecule has 176 valence electrons. The molecule has 2 aromatic carbocycles. The Balaban J connectivity index is 1.59. The molecule has 1 aliphatic heterocycles. The zero-order valence-corrected chi connectivity index (χ0v) is 20.8. The summed E-state index contributed by atoms with van der Waals surface area (Å²) in [5.41, 5.74) is 7.09. The molecule has 1 aliphatic rings. The molecule has 0 aliphatic carbocycles. The van der Waals surface area contributed by atoms with E-state index >= 15 is 4.39 Å². The normalized spacial score (nSPS) is 13.5. The summed E-state index contributed by atoms with van der Waals surface area (Å²) in [6.45, 7) is 5.32. The van der Waals surface area contributed by atoms with Crippen LogP contribution in [0.4, 0.5) is 10.2 Å². The number of rotatable bonds is 3. The largest absolute Gasteiger partial charge is 0.361 e. The Morgan fingerprint density at radius 2 is 1.86 bits per heavy atom. The molecule has 0 saturated carbocycles. The van der Waals surface area contributed by atoms with Gasteiger partial charge in [-0.3, -0.25) is 0 Å². The summed E-state index contributed by atoms with van der Waals surface area (Å²) in [6.07, 6.45) is 4.04. The highest BCUT2D eigenvalue weighted by Crippen LogP contribution is 2.39. The van der Waals surface area contributed by atoms with Gasteiger partial charge in [0.15, 0.2) is 0 Å². The second kappa shape index (κ2) is 8.40. The van der Waals surface area contributed by atoms with Crippen LogP contribution in [0.2, 0.25) is 10.0 Å². The van der Waals surface area contributed by atoms with Crippen LogP contribution in [-0.4, -0.2) is 26.3 Å². The Bertz CT molecular complexity index is 1580. The number of benzene rings is 2. The molecule has 0 saturated heterocycles. The van der Waals surface area contributed by atoms with Crippen molar-refractivity contribution < 1.29 is 4.39 Å². The average Bonchev–Trinajstić information content (AvgIpc) is 3.44. The van der Waals surface area contributed by atoms with Gasteiger partial charge in [-0.2, -0.15) is 5.10 Å². The van der Waals surface area contributed by atoms with Crippen LogP contribution in [-0.2, 0) is 13.0 Å². The van der Waals surface area contributed by atoms with Gasteiger partial charge in [-0.15, -0.1) is 0 Å². The molecule has 35 heavy (non-hydrogen) atoms. The molecule has 0 spiro atoms. The minimum atomic E-state index is -0.265. The fourth-order valence-corrected chi connectivity index (χ4v) is 5.55. The maximum Gasteiger partial charge on any atom is 0.147 e. The van der Waals surface area contributed by atoms with Gasteiger partial charge in [-0.05, 0) is 49.2 Å².